The Balaban J connectivity index is 1.75. The van der Waals surface area contributed by atoms with Gasteiger partial charge in [0, 0.05) is 19.0 Å². The highest BCUT2D eigenvalue weighted by Crippen LogP contribution is 2.26. The summed E-state index contributed by atoms with van der Waals surface area (Å²) in [5.41, 5.74) is -0.494. The Kier molecular flexibility index (Phi) is 4.41. The first kappa shape index (κ1) is 15.6. The number of nitrogens with zero attached hydrogens (tertiary/aromatic N) is 1. The Morgan fingerprint density at radius 3 is 2.67 bits per heavy atom. The average Bonchev–Trinajstić information content (AvgIpc) is 2.72. The molecule has 2 rings (SSSR count). The van der Waals surface area contributed by atoms with Gasteiger partial charge in [0.2, 0.25) is 0 Å². The molecule has 1 N–H and O–H groups in total. The monoisotopic (exact) mass is 313 g/mol. The fraction of sp³-hybridized carbons (Fsp3) is 0.571. The van der Waals surface area contributed by atoms with Crippen LogP contribution in [-0.4, -0.2) is 47.4 Å². The molecule has 0 aromatic carbocycles. The van der Waals surface area contributed by atoms with E-state index >= 15 is 0 Å². The molecule has 116 valence electrons. The summed E-state index contributed by atoms with van der Waals surface area (Å²) in [6.07, 6.45) is -0.319. The van der Waals surface area contributed by atoms with Gasteiger partial charge in [-0.05, 0) is 32.2 Å². The third-order valence-corrected chi connectivity index (χ3v) is 3.79. The third kappa shape index (κ3) is 4.10. The molecule has 2 heterocycles. The molecular weight excluding hydrogens is 294 g/mol. The van der Waals surface area contributed by atoms with E-state index in [0.29, 0.717) is 25.4 Å². The molecule has 1 fully saturated rings. The summed E-state index contributed by atoms with van der Waals surface area (Å²) >= 11 is 1.14. The van der Waals surface area contributed by atoms with Crippen LogP contribution in [0.25, 0.3) is 0 Å². The van der Waals surface area contributed by atoms with E-state index in [0.717, 1.165) is 11.3 Å². The molecular formula is C14H19NO5S. The Morgan fingerprint density at radius 2 is 2.10 bits per heavy atom. The number of likely N-dealkylation sites (tertiary alicyclic amines) is 1. The standard InChI is InChI=1S/C14H19NO5S/c1-14(2,3)20-13(18)15-6-9(7-15)8-19-10-4-5-21-11(10)12(16)17/h4-5,9H,6-8H2,1-3H3,(H,16,17). The Bertz CT molecular complexity index is 528. The summed E-state index contributed by atoms with van der Waals surface area (Å²) in [5, 5.41) is 10.7. The summed E-state index contributed by atoms with van der Waals surface area (Å²) in [7, 11) is 0. The van der Waals surface area contributed by atoms with Gasteiger partial charge in [-0.2, -0.15) is 0 Å². The quantitative estimate of drug-likeness (QED) is 0.925. The zero-order chi connectivity index (χ0) is 15.6. The Morgan fingerprint density at radius 1 is 1.43 bits per heavy atom. The van der Waals surface area contributed by atoms with Gasteiger partial charge in [-0.25, -0.2) is 9.59 Å². The second-order valence-corrected chi connectivity index (χ2v) is 6.90. The zero-order valence-electron chi connectivity index (χ0n) is 12.3. The van der Waals surface area contributed by atoms with E-state index in [9.17, 15) is 9.59 Å². The number of ether oxygens (including phenoxy) is 2. The minimum Gasteiger partial charge on any atom is -0.491 e. The number of amides is 1. The van der Waals surface area contributed by atoms with Gasteiger partial charge in [-0.3, -0.25) is 0 Å². The summed E-state index contributed by atoms with van der Waals surface area (Å²) in [6.45, 7) is 7.03. The van der Waals surface area contributed by atoms with Gasteiger partial charge in [0.25, 0.3) is 0 Å². The maximum atomic E-state index is 11.7. The van der Waals surface area contributed by atoms with Crippen LogP contribution >= 0.6 is 11.3 Å². The molecule has 1 amide bonds. The number of thiophene rings is 1. The van der Waals surface area contributed by atoms with Gasteiger partial charge in [0.15, 0.2) is 4.88 Å². The number of hydrogen-bond acceptors (Lipinski definition) is 5. The molecule has 1 aromatic heterocycles. The van der Waals surface area contributed by atoms with Gasteiger partial charge in [-0.15, -0.1) is 11.3 Å². The highest BCUT2D eigenvalue weighted by atomic mass is 32.1. The van der Waals surface area contributed by atoms with Crippen molar-refractivity contribution < 1.29 is 24.2 Å². The average molecular weight is 313 g/mol. The lowest BCUT2D eigenvalue weighted by Crippen LogP contribution is -2.53. The summed E-state index contributed by atoms with van der Waals surface area (Å²) in [5.74, 6) is -0.383. The number of carbonyl (C=O) groups is 2. The van der Waals surface area contributed by atoms with E-state index in [4.69, 9.17) is 14.6 Å². The molecule has 0 aliphatic carbocycles. The van der Waals surface area contributed by atoms with Crippen molar-refractivity contribution in [2.45, 2.75) is 26.4 Å². The minimum absolute atomic E-state index is 0.207. The lowest BCUT2D eigenvalue weighted by atomic mass is 10.0. The van der Waals surface area contributed by atoms with E-state index in [-0.39, 0.29) is 16.9 Å². The molecule has 1 aliphatic rings. The lowest BCUT2D eigenvalue weighted by molar-refractivity contribution is -0.00781. The number of carbonyl (C=O) groups excluding carboxylic acids is 1. The first-order valence-corrected chi connectivity index (χ1v) is 7.56. The van der Waals surface area contributed by atoms with E-state index in [1.165, 1.54) is 0 Å². The molecule has 0 unspecified atom stereocenters. The predicted molar refractivity (Wildman–Crippen MR) is 78.1 cm³/mol. The van der Waals surface area contributed by atoms with Crippen molar-refractivity contribution in [3.05, 3.63) is 16.3 Å². The number of hydrogen-bond donors (Lipinski definition) is 1. The minimum atomic E-state index is -0.982. The second kappa shape index (κ2) is 5.93. The van der Waals surface area contributed by atoms with Crippen LogP contribution in [0.4, 0.5) is 4.79 Å². The molecule has 1 aromatic rings. The van der Waals surface area contributed by atoms with Crippen LogP contribution in [0.2, 0.25) is 0 Å². The van der Waals surface area contributed by atoms with E-state index < -0.39 is 11.6 Å². The van der Waals surface area contributed by atoms with Gasteiger partial charge in [0.05, 0.1) is 6.61 Å². The van der Waals surface area contributed by atoms with Crippen LogP contribution in [0, 0.1) is 5.92 Å². The van der Waals surface area contributed by atoms with Crippen LogP contribution < -0.4 is 4.74 Å². The van der Waals surface area contributed by atoms with Crippen molar-refractivity contribution in [2.24, 2.45) is 5.92 Å². The number of rotatable bonds is 4. The second-order valence-electron chi connectivity index (χ2n) is 5.98. The Labute approximate surface area is 127 Å². The normalized spacial score (nSPS) is 15.5. The molecule has 0 spiro atoms. The van der Waals surface area contributed by atoms with Gasteiger partial charge in [-0.1, -0.05) is 0 Å². The van der Waals surface area contributed by atoms with Gasteiger partial charge < -0.3 is 19.5 Å². The largest absolute Gasteiger partial charge is 0.491 e. The molecule has 1 aliphatic heterocycles. The maximum Gasteiger partial charge on any atom is 0.410 e. The fourth-order valence-electron chi connectivity index (χ4n) is 1.93. The number of carboxylic acid groups (broad SMARTS) is 1. The number of aromatic carboxylic acids is 1. The molecule has 0 radical (unpaired) electrons. The topological polar surface area (TPSA) is 76.1 Å². The van der Waals surface area contributed by atoms with Crippen molar-refractivity contribution in [1.82, 2.24) is 4.90 Å². The van der Waals surface area contributed by atoms with Crippen LogP contribution in [0.3, 0.4) is 0 Å². The summed E-state index contributed by atoms with van der Waals surface area (Å²) < 4.78 is 10.8. The van der Waals surface area contributed by atoms with E-state index in [2.05, 4.69) is 0 Å². The molecule has 21 heavy (non-hydrogen) atoms. The third-order valence-electron chi connectivity index (χ3n) is 2.91. The van der Waals surface area contributed by atoms with Crippen LogP contribution in [0.1, 0.15) is 30.4 Å². The lowest BCUT2D eigenvalue weighted by Gasteiger charge is -2.39. The van der Waals surface area contributed by atoms with Crippen LogP contribution in [0.5, 0.6) is 5.75 Å². The first-order chi connectivity index (χ1) is 9.76. The van der Waals surface area contributed by atoms with Crippen molar-refractivity contribution in [2.75, 3.05) is 19.7 Å². The van der Waals surface area contributed by atoms with Crippen molar-refractivity contribution in [1.29, 1.82) is 0 Å². The molecule has 0 saturated carbocycles. The predicted octanol–water partition coefficient (Wildman–Crippen LogP) is 2.69. The fourth-order valence-corrected chi connectivity index (χ4v) is 2.60. The van der Waals surface area contributed by atoms with E-state index in [1.807, 2.05) is 20.8 Å². The van der Waals surface area contributed by atoms with Gasteiger partial charge in [0.1, 0.15) is 11.4 Å². The van der Waals surface area contributed by atoms with Crippen LogP contribution in [-0.2, 0) is 4.74 Å². The smallest absolute Gasteiger partial charge is 0.410 e. The molecule has 1 saturated heterocycles. The van der Waals surface area contributed by atoms with Gasteiger partial charge >= 0.3 is 12.1 Å². The molecule has 0 bridgehead atoms. The van der Waals surface area contributed by atoms with Crippen molar-refractivity contribution in [3.8, 4) is 5.75 Å². The molecule has 0 atom stereocenters. The van der Waals surface area contributed by atoms with Crippen LogP contribution in [0.15, 0.2) is 11.4 Å². The maximum absolute atomic E-state index is 11.7. The summed E-state index contributed by atoms with van der Waals surface area (Å²) in [6, 6.07) is 1.65. The highest BCUT2D eigenvalue weighted by molar-refractivity contribution is 7.12. The zero-order valence-corrected chi connectivity index (χ0v) is 13.1. The summed E-state index contributed by atoms with van der Waals surface area (Å²) in [4.78, 5) is 24.5. The molecule has 7 heteroatoms. The number of carboxylic acids is 1. The SMILES string of the molecule is CC(C)(C)OC(=O)N1CC(COc2ccsc2C(=O)O)C1. The molecule has 6 nitrogen and oxygen atoms in total. The van der Waals surface area contributed by atoms with E-state index in [1.54, 1.807) is 16.3 Å². The first-order valence-electron chi connectivity index (χ1n) is 6.68. The van der Waals surface area contributed by atoms with Crippen molar-refractivity contribution in [3.63, 3.8) is 0 Å². The van der Waals surface area contributed by atoms with Crippen molar-refractivity contribution >= 4 is 23.4 Å². The Hall–Kier alpha value is -1.76. The highest BCUT2D eigenvalue weighted by Gasteiger charge is 2.34.